The fourth-order valence-electron chi connectivity index (χ4n) is 4.28. The molecule has 26 heavy (non-hydrogen) atoms. The van der Waals surface area contributed by atoms with Crippen molar-refractivity contribution in [1.29, 1.82) is 0 Å². The number of carbonyl (C=O) groups excluding carboxylic acids is 2. The first kappa shape index (κ1) is 17.4. The molecular weight excluding hydrogens is 358 g/mol. The van der Waals surface area contributed by atoms with Gasteiger partial charge in [-0.05, 0) is 24.6 Å². The summed E-state index contributed by atoms with van der Waals surface area (Å²) in [7, 11) is -2.35. The Bertz CT molecular complexity index is 871. The summed E-state index contributed by atoms with van der Waals surface area (Å²) in [6.07, 6.45) is 1.37. The van der Waals surface area contributed by atoms with E-state index in [9.17, 15) is 18.0 Å². The maximum absolute atomic E-state index is 13.2. The summed E-state index contributed by atoms with van der Waals surface area (Å²) < 4.78 is 33.8. The average Bonchev–Trinajstić information content (AvgIpc) is 3.13. The lowest BCUT2D eigenvalue weighted by Crippen LogP contribution is -2.56. The topological polar surface area (TPSA) is 96.0 Å². The predicted molar refractivity (Wildman–Crippen MR) is 91.8 cm³/mol. The molecule has 9 heteroatoms. The van der Waals surface area contributed by atoms with Crippen LogP contribution in [0, 0.1) is 0 Å². The van der Waals surface area contributed by atoms with E-state index in [1.54, 1.807) is 17.0 Å². The molecule has 0 bridgehead atoms. The molecule has 1 aromatic carbocycles. The predicted octanol–water partition coefficient (Wildman–Crippen LogP) is 0.158. The number of amides is 2. The van der Waals surface area contributed by atoms with Gasteiger partial charge in [0, 0.05) is 38.5 Å². The van der Waals surface area contributed by atoms with Crippen LogP contribution >= 0.6 is 0 Å². The molecule has 1 spiro atoms. The summed E-state index contributed by atoms with van der Waals surface area (Å²) >= 11 is 0. The molecule has 0 saturated carbocycles. The van der Waals surface area contributed by atoms with Crippen molar-refractivity contribution in [2.75, 3.05) is 26.7 Å². The van der Waals surface area contributed by atoms with E-state index in [4.69, 9.17) is 4.74 Å². The minimum Gasteiger partial charge on any atom is -0.355 e. The van der Waals surface area contributed by atoms with Crippen molar-refractivity contribution in [2.24, 2.45) is 0 Å². The Kier molecular flexibility index (Phi) is 4.05. The molecule has 0 radical (unpaired) electrons. The number of sulfonamides is 1. The molecule has 0 unspecified atom stereocenters. The number of rotatable bonds is 3. The third-order valence-corrected chi connectivity index (χ3v) is 7.40. The molecule has 3 heterocycles. The van der Waals surface area contributed by atoms with Gasteiger partial charge in [0.05, 0.1) is 17.5 Å². The van der Waals surface area contributed by atoms with Crippen LogP contribution in [0.2, 0.25) is 0 Å². The van der Waals surface area contributed by atoms with Crippen LogP contribution in [0.1, 0.15) is 29.6 Å². The van der Waals surface area contributed by atoms with Gasteiger partial charge in [0.2, 0.25) is 15.9 Å². The van der Waals surface area contributed by atoms with Crippen molar-refractivity contribution in [3.8, 4) is 0 Å². The molecule has 3 fully saturated rings. The summed E-state index contributed by atoms with van der Waals surface area (Å²) in [4.78, 5) is 26.0. The van der Waals surface area contributed by atoms with Gasteiger partial charge in [-0.2, -0.15) is 4.31 Å². The Balaban J connectivity index is 1.70. The molecule has 3 saturated heterocycles. The third kappa shape index (κ3) is 2.38. The Morgan fingerprint density at radius 1 is 1.35 bits per heavy atom. The van der Waals surface area contributed by atoms with Gasteiger partial charge in [-0.25, -0.2) is 8.42 Å². The normalized spacial score (nSPS) is 28.7. The molecular formula is C17H21N3O5S. The van der Waals surface area contributed by atoms with Gasteiger partial charge in [0.15, 0.2) is 5.72 Å². The summed E-state index contributed by atoms with van der Waals surface area (Å²) in [5.74, 6) is -0.411. The zero-order valence-electron chi connectivity index (χ0n) is 14.5. The first-order valence-corrected chi connectivity index (χ1v) is 10.1. The molecule has 3 aliphatic heterocycles. The number of ether oxygens (including phenoxy) is 1. The van der Waals surface area contributed by atoms with Crippen molar-refractivity contribution >= 4 is 21.8 Å². The van der Waals surface area contributed by atoms with E-state index < -0.39 is 21.8 Å². The van der Waals surface area contributed by atoms with Crippen LogP contribution < -0.4 is 5.32 Å². The molecule has 4 rings (SSSR count). The minimum atomic E-state index is -3.84. The Morgan fingerprint density at radius 3 is 2.92 bits per heavy atom. The number of benzene rings is 1. The second-order valence-electron chi connectivity index (χ2n) is 6.78. The van der Waals surface area contributed by atoms with Crippen LogP contribution in [0.25, 0.3) is 0 Å². The molecule has 8 nitrogen and oxygen atoms in total. The third-order valence-electron chi connectivity index (χ3n) is 5.49. The number of hydrogen-bond acceptors (Lipinski definition) is 5. The highest BCUT2D eigenvalue weighted by Gasteiger charge is 2.63. The lowest BCUT2D eigenvalue weighted by Gasteiger charge is -2.42. The Morgan fingerprint density at radius 2 is 2.15 bits per heavy atom. The summed E-state index contributed by atoms with van der Waals surface area (Å²) in [6.45, 7) is 1.43. The van der Waals surface area contributed by atoms with Crippen molar-refractivity contribution < 1.29 is 22.7 Å². The number of hydrogen-bond donors (Lipinski definition) is 1. The zero-order valence-corrected chi connectivity index (χ0v) is 15.3. The van der Waals surface area contributed by atoms with Gasteiger partial charge in [0.25, 0.3) is 5.91 Å². The van der Waals surface area contributed by atoms with Crippen LogP contribution in [-0.4, -0.2) is 67.9 Å². The molecule has 140 valence electrons. The molecule has 2 atom stereocenters. The smallest absolute Gasteiger partial charge is 0.251 e. The first-order chi connectivity index (χ1) is 12.4. The van der Waals surface area contributed by atoms with Crippen LogP contribution in [-0.2, 0) is 19.6 Å². The van der Waals surface area contributed by atoms with E-state index >= 15 is 0 Å². The highest BCUT2D eigenvalue weighted by molar-refractivity contribution is 7.89. The second kappa shape index (κ2) is 6.04. The van der Waals surface area contributed by atoms with Gasteiger partial charge in [-0.15, -0.1) is 0 Å². The molecule has 1 N–H and O–H groups in total. The van der Waals surface area contributed by atoms with E-state index in [1.807, 2.05) is 0 Å². The maximum atomic E-state index is 13.2. The number of nitrogens with zero attached hydrogens (tertiary/aromatic N) is 2. The molecule has 1 aromatic rings. The fourth-order valence-corrected chi connectivity index (χ4v) is 5.98. The summed E-state index contributed by atoms with van der Waals surface area (Å²) in [6, 6.07) is 5.43. The zero-order chi connectivity index (χ0) is 18.5. The van der Waals surface area contributed by atoms with Gasteiger partial charge >= 0.3 is 0 Å². The molecule has 3 aliphatic rings. The number of carbonyl (C=O) groups is 2. The van der Waals surface area contributed by atoms with Crippen molar-refractivity contribution in [2.45, 2.75) is 35.9 Å². The van der Waals surface area contributed by atoms with E-state index in [0.29, 0.717) is 26.1 Å². The van der Waals surface area contributed by atoms with Gasteiger partial charge in [-0.3, -0.25) is 9.59 Å². The van der Waals surface area contributed by atoms with Crippen LogP contribution in [0.15, 0.2) is 29.2 Å². The standard InChI is InChI=1S/C17H21N3O5S/c1-18-16(22)12-4-2-5-13(10-12)26(23,24)20-8-6-17-14(20)11-15(21)19(17)7-3-9-25-17/h2,4-5,10,14H,3,6-9,11H2,1H3,(H,18,22)/t14-,17+/m1/s1. The largest absolute Gasteiger partial charge is 0.355 e. The van der Waals surface area contributed by atoms with E-state index in [-0.39, 0.29) is 28.7 Å². The molecule has 0 aliphatic carbocycles. The van der Waals surface area contributed by atoms with E-state index in [0.717, 1.165) is 6.42 Å². The highest BCUT2D eigenvalue weighted by atomic mass is 32.2. The van der Waals surface area contributed by atoms with Crippen molar-refractivity contribution in [3.05, 3.63) is 29.8 Å². The first-order valence-electron chi connectivity index (χ1n) is 8.68. The highest BCUT2D eigenvalue weighted by Crippen LogP contribution is 2.46. The van der Waals surface area contributed by atoms with Crippen LogP contribution in [0.3, 0.4) is 0 Å². The molecule has 2 amide bonds. The summed E-state index contributed by atoms with van der Waals surface area (Å²) in [5, 5.41) is 2.49. The van der Waals surface area contributed by atoms with E-state index in [2.05, 4.69) is 5.32 Å². The SMILES string of the molecule is CNC(=O)c1cccc(S(=O)(=O)N2CC[C@@]34OCCCN3C(=O)C[C@@H]24)c1. The second-order valence-corrected chi connectivity index (χ2v) is 8.68. The van der Waals surface area contributed by atoms with Gasteiger partial charge in [-0.1, -0.05) is 6.07 Å². The van der Waals surface area contributed by atoms with Crippen LogP contribution in [0.5, 0.6) is 0 Å². The van der Waals surface area contributed by atoms with Crippen LogP contribution in [0.4, 0.5) is 0 Å². The van der Waals surface area contributed by atoms with Gasteiger partial charge in [0.1, 0.15) is 0 Å². The molecule has 0 aromatic heterocycles. The lowest BCUT2D eigenvalue weighted by atomic mass is 10.0. The van der Waals surface area contributed by atoms with Crippen molar-refractivity contribution in [3.63, 3.8) is 0 Å². The summed E-state index contributed by atoms with van der Waals surface area (Å²) in [5.41, 5.74) is -0.554. The van der Waals surface area contributed by atoms with Gasteiger partial charge < -0.3 is 15.0 Å². The quantitative estimate of drug-likeness (QED) is 0.807. The Hall–Kier alpha value is -1.97. The minimum absolute atomic E-state index is 0.0531. The monoisotopic (exact) mass is 379 g/mol. The Labute approximate surface area is 152 Å². The fraction of sp³-hybridized carbons (Fsp3) is 0.529. The number of nitrogens with one attached hydrogen (secondary N) is 1. The van der Waals surface area contributed by atoms with E-state index in [1.165, 1.54) is 23.5 Å². The maximum Gasteiger partial charge on any atom is 0.251 e. The van der Waals surface area contributed by atoms with Crippen molar-refractivity contribution in [1.82, 2.24) is 14.5 Å². The lowest BCUT2D eigenvalue weighted by molar-refractivity contribution is -0.178. The average molecular weight is 379 g/mol.